The molecule has 1 unspecified atom stereocenters. The number of hydrogen-bond acceptors (Lipinski definition) is 9. The second-order valence-electron chi connectivity index (χ2n) is 2.63. The first-order chi connectivity index (χ1) is 8.23. The minimum Gasteiger partial charge on any atom is -0.691 e. The van der Waals surface area contributed by atoms with Gasteiger partial charge in [0.1, 0.15) is 5.25 Å². The first-order valence-corrected chi connectivity index (χ1v) is 8.66. The minimum absolute atomic E-state index is 0.0632. The Morgan fingerprint density at radius 2 is 1.67 bits per heavy atom. The number of esters is 2. The van der Waals surface area contributed by atoms with Crippen LogP contribution in [0, 0.1) is 0 Å². The third kappa shape index (κ3) is 11.3. The number of methoxy groups -OCH3 is 2. The monoisotopic (exact) mass is 335 g/mol. The Balaban J connectivity index is 0. The van der Waals surface area contributed by atoms with Crippen LogP contribution in [0.4, 0.5) is 0 Å². The molecule has 18 heavy (non-hydrogen) atoms. The molecule has 6 nitrogen and oxygen atoms in total. The fourth-order valence-corrected chi connectivity index (χ4v) is 0.939. The number of thiol groups is 1. The van der Waals surface area contributed by atoms with E-state index in [1.165, 1.54) is 28.4 Å². The molecule has 0 aromatic heterocycles. The van der Waals surface area contributed by atoms with E-state index in [4.69, 9.17) is 0 Å². The van der Waals surface area contributed by atoms with Gasteiger partial charge >= 0.3 is 11.9 Å². The maximum absolute atomic E-state index is 10.7. The molecule has 0 saturated carbocycles. The summed E-state index contributed by atoms with van der Waals surface area (Å²) in [6.45, 7) is 0. The summed E-state index contributed by atoms with van der Waals surface area (Å²) in [6.07, 6.45) is -0.0632. The maximum Gasteiger partial charge on any atom is 0.319 e. The van der Waals surface area contributed by atoms with Crippen LogP contribution in [0.25, 0.3) is 0 Å². The van der Waals surface area contributed by atoms with Gasteiger partial charge in [0.15, 0.2) is 0 Å². The van der Waals surface area contributed by atoms with E-state index in [2.05, 4.69) is 55.2 Å². The van der Waals surface area contributed by atoms with E-state index in [0.29, 0.717) is 0 Å². The van der Waals surface area contributed by atoms with Gasteiger partial charge in [0, 0.05) is 14.2 Å². The first-order valence-electron chi connectivity index (χ1n) is 4.49. The lowest BCUT2D eigenvalue weighted by Crippen LogP contribution is -2.20. The molecule has 0 radical (unpaired) electrons. The van der Waals surface area contributed by atoms with E-state index in [9.17, 15) is 9.59 Å². The van der Waals surface area contributed by atoms with Gasteiger partial charge < -0.3 is 30.8 Å². The lowest BCUT2D eigenvalue weighted by molar-refractivity contribution is -0.146. The van der Waals surface area contributed by atoms with Crippen LogP contribution in [0.2, 0.25) is 0 Å². The van der Waals surface area contributed by atoms with Crippen molar-refractivity contribution in [1.82, 2.24) is 0 Å². The van der Waals surface area contributed by atoms with Crippen molar-refractivity contribution in [2.45, 2.75) is 11.7 Å². The van der Waals surface area contributed by atoms with Crippen LogP contribution in [0.15, 0.2) is 0 Å². The standard InChI is InChI=1S/C6H10O4S.C2H7O2PS2/c1-9-5(7)3-4(11)6(8)10-2;1-3-5(6,7)4-2/h4,11H,3H2,1-2H3;1-2H3,(H,6,7)/p-1. The van der Waals surface area contributed by atoms with Crippen molar-refractivity contribution >= 4 is 54.3 Å². The highest BCUT2D eigenvalue weighted by atomic mass is 32.9. The van der Waals surface area contributed by atoms with Crippen molar-refractivity contribution in [1.29, 1.82) is 0 Å². The molecule has 0 aromatic carbocycles. The van der Waals surface area contributed by atoms with E-state index in [0.717, 1.165) is 0 Å². The summed E-state index contributed by atoms with van der Waals surface area (Å²) < 4.78 is 17.9. The van der Waals surface area contributed by atoms with Crippen molar-refractivity contribution in [3.63, 3.8) is 0 Å². The van der Waals surface area contributed by atoms with Crippen LogP contribution in [-0.4, -0.2) is 45.6 Å². The summed E-state index contributed by atoms with van der Waals surface area (Å²) >= 11 is 13.1. The van der Waals surface area contributed by atoms with E-state index in [-0.39, 0.29) is 6.42 Å². The van der Waals surface area contributed by atoms with Crippen LogP contribution in [0.1, 0.15) is 6.42 Å². The molecule has 0 fully saturated rings. The molecule has 0 spiro atoms. The Morgan fingerprint density at radius 1 is 1.22 bits per heavy atom. The molecule has 0 aliphatic rings. The summed E-state index contributed by atoms with van der Waals surface area (Å²) in [6, 6.07) is 0. The van der Waals surface area contributed by atoms with Crippen LogP contribution in [-0.2, 0) is 52.2 Å². The summed E-state index contributed by atoms with van der Waals surface area (Å²) in [7, 11) is 5.40. The summed E-state index contributed by atoms with van der Waals surface area (Å²) in [5, 5.41) is -0.729. The Hall–Kier alpha value is 0.210. The van der Waals surface area contributed by atoms with E-state index in [1.807, 2.05) is 0 Å². The predicted molar refractivity (Wildman–Crippen MR) is 77.1 cm³/mol. The Labute approximate surface area is 122 Å². The maximum atomic E-state index is 10.7. The number of ether oxygens (including phenoxy) is 2. The molecule has 0 saturated heterocycles. The van der Waals surface area contributed by atoms with Gasteiger partial charge in [0.05, 0.1) is 26.3 Å². The third-order valence-electron chi connectivity index (χ3n) is 1.51. The van der Waals surface area contributed by atoms with Gasteiger partial charge in [-0.25, -0.2) is 0 Å². The molecule has 0 N–H and O–H groups in total. The van der Waals surface area contributed by atoms with Gasteiger partial charge in [0.2, 0.25) is 0 Å². The molecule has 0 rings (SSSR count). The van der Waals surface area contributed by atoms with E-state index >= 15 is 0 Å². The molecular weight excluding hydrogens is 319 g/mol. The highest BCUT2D eigenvalue weighted by molar-refractivity contribution is 8.51. The smallest absolute Gasteiger partial charge is 0.319 e. The Bertz CT molecular complexity index is 303. The molecule has 10 heteroatoms. The molecule has 0 aromatic rings. The van der Waals surface area contributed by atoms with Crippen LogP contribution < -0.4 is 0 Å². The second-order valence-corrected chi connectivity index (χ2v) is 8.46. The molecular formula is C8H16O6PS3-. The van der Waals surface area contributed by atoms with Crippen molar-refractivity contribution < 1.29 is 28.1 Å². The fourth-order valence-electron chi connectivity index (χ4n) is 0.535. The Morgan fingerprint density at radius 3 is 1.89 bits per heavy atom. The number of rotatable bonds is 5. The third-order valence-corrected chi connectivity index (χ3v) is 4.58. The molecule has 0 heterocycles. The van der Waals surface area contributed by atoms with Gasteiger partial charge in [-0.2, -0.15) is 12.6 Å². The normalized spacial score (nSPS) is 11.9. The average Bonchev–Trinajstić information content (AvgIpc) is 2.38. The zero-order chi connectivity index (χ0) is 14.8. The van der Waals surface area contributed by atoms with Gasteiger partial charge in [-0.05, 0) is 0 Å². The van der Waals surface area contributed by atoms with Crippen molar-refractivity contribution in [3.8, 4) is 0 Å². The van der Waals surface area contributed by atoms with Crippen LogP contribution in [0.5, 0.6) is 0 Å². The van der Waals surface area contributed by atoms with Gasteiger partial charge in [0.25, 0.3) is 0 Å². The number of hydrogen-bond donors (Lipinski definition) is 1. The predicted octanol–water partition coefficient (Wildman–Crippen LogP) is 1.07. The van der Waals surface area contributed by atoms with Crippen LogP contribution >= 0.6 is 18.3 Å². The number of carbonyl (C=O) groups is 2. The zero-order valence-corrected chi connectivity index (χ0v) is 13.9. The summed E-state index contributed by atoms with van der Waals surface area (Å²) in [5.74, 6) is -1.01. The lowest BCUT2D eigenvalue weighted by Gasteiger charge is -2.22. The highest BCUT2D eigenvalue weighted by Gasteiger charge is 2.18. The molecule has 0 aliphatic carbocycles. The van der Waals surface area contributed by atoms with Crippen molar-refractivity contribution in [3.05, 3.63) is 0 Å². The highest BCUT2D eigenvalue weighted by Crippen LogP contribution is 2.43. The van der Waals surface area contributed by atoms with E-state index < -0.39 is 22.9 Å². The molecule has 0 bridgehead atoms. The van der Waals surface area contributed by atoms with Gasteiger partial charge in [-0.15, -0.1) is 0 Å². The second kappa shape index (κ2) is 11.1. The molecule has 1 atom stereocenters. The Kier molecular flexibility index (Phi) is 12.6. The van der Waals surface area contributed by atoms with E-state index in [1.54, 1.807) is 0 Å². The first kappa shape index (κ1) is 20.5. The fraction of sp³-hybridized carbons (Fsp3) is 0.750. The van der Waals surface area contributed by atoms with Gasteiger partial charge in [-0.1, -0.05) is 11.8 Å². The molecule has 108 valence electrons. The van der Waals surface area contributed by atoms with Gasteiger partial charge in [-0.3, -0.25) is 9.59 Å². The topological polar surface area (TPSA) is 71.1 Å². The lowest BCUT2D eigenvalue weighted by atomic mass is 10.3. The van der Waals surface area contributed by atoms with Crippen LogP contribution in [0.3, 0.4) is 0 Å². The molecule has 0 amide bonds. The van der Waals surface area contributed by atoms with Crippen molar-refractivity contribution in [2.24, 2.45) is 0 Å². The quantitative estimate of drug-likeness (QED) is 0.346. The SMILES string of the molecule is COC(=O)CC(S)C(=O)OC.COP(=S)([S-])OC. The van der Waals surface area contributed by atoms with Crippen molar-refractivity contribution in [2.75, 3.05) is 28.4 Å². The average molecular weight is 335 g/mol. The molecule has 0 aliphatic heterocycles. The minimum atomic E-state index is -2.24. The largest absolute Gasteiger partial charge is 0.691 e. The number of carbonyl (C=O) groups excluding carboxylic acids is 2. The zero-order valence-electron chi connectivity index (χ0n) is 10.4. The summed E-state index contributed by atoms with van der Waals surface area (Å²) in [4.78, 5) is 21.2. The summed E-state index contributed by atoms with van der Waals surface area (Å²) in [5.41, 5.74) is -2.24.